The van der Waals surface area contributed by atoms with Gasteiger partial charge in [-0.25, -0.2) is 8.42 Å². The molecule has 12 heteroatoms. The third-order valence-corrected chi connectivity index (χ3v) is 5.97. The minimum atomic E-state index is -3.87. The summed E-state index contributed by atoms with van der Waals surface area (Å²) in [6.07, 6.45) is 2.70. The smallest absolute Gasteiger partial charge is 0.270 e. The second-order valence-electron chi connectivity index (χ2n) is 6.09. The van der Waals surface area contributed by atoms with E-state index < -0.39 is 19.7 Å². The third kappa shape index (κ3) is 5.29. The standard InChI is InChI=1S/C19H13BrN4O6S/c20-13-1-7-19(22-12-13)17-11-15(24(27)28)4-8-18(17)21-9-10-31(29,30)16-5-2-14(3-6-16)23(25)26/h1-12,21H/b10-9+. The van der Waals surface area contributed by atoms with E-state index in [0.717, 1.165) is 34.1 Å². The molecule has 0 aliphatic heterocycles. The number of sulfone groups is 1. The Labute approximate surface area is 184 Å². The second-order valence-corrected chi connectivity index (χ2v) is 8.84. The second kappa shape index (κ2) is 9.02. The molecule has 0 unspecified atom stereocenters. The number of non-ortho nitro benzene ring substituents is 2. The number of hydrogen-bond acceptors (Lipinski definition) is 8. The molecule has 0 spiro atoms. The van der Waals surface area contributed by atoms with Gasteiger partial charge in [-0.1, -0.05) is 0 Å². The lowest BCUT2D eigenvalue weighted by atomic mass is 10.1. The molecule has 31 heavy (non-hydrogen) atoms. The number of hydrogen-bond donors (Lipinski definition) is 1. The van der Waals surface area contributed by atoms with Gasteiger partial charge in [0.1, 0.15) is 0 Å². The van der Waals surface area contributed by atoms with E-state index in [1.54, 1.807) is 12.1 Å². The predicted octanol–water partition coefficient (Wildman–Crippen LogP) is 4.68. The summed E-state index contributed by atoms with van der Waals surface area (Å²) in [6.45, 7) is 0. The highest BCUT2D eigenvalue weighted by Crippen LogP contribution is 2.31. The summed E-state index contributed by atoms with van der Waals surface area (Å²) in [7, 11) is -3.87. The van der Waals surface area contributed by atoms with Crippen LogP contribution in [-0.4, -0.2) is 23.2 Å². The molecule has 3 rings (SSSR count). The average molecular weight is 505 g/mol. The van der Waals surface area contributed by atoms with Crippen molar-refractivity contribution in [3.05, 3.63) is 97.1 Å². The van der Waals surface area contributed by atoms with E-state index in [0.29, 0.717) is 16.9 Å². The van der Waals surface area contributed by atoms with Crippen LogP contribution in [0.1, 0.15) is 0 Å². The first-order chi connectivity index (χ1) is 14.7. The molecule has 0 saturated heterocycles. The van der Waals surface area contributed by atoms with Crippen LogP contribution in [0.2, 0.25) is 0 Å². The lowest BCUT2D eigenvalue weighted by Gasteiger charge is -2.09. The zero-order chi connectivity index (χ0) is 22.6. The fourth-order valence-corrected chi connectivity index (χ4v) is 3.72. The summed E-state index contributed by atoms with van der Waals surface area (Å²) in [5, 5.41) is 25.5. The minimum Gasteiger partial charge on any atom is -0.360 e. The summed E-state index contributed by atoms with van der Waals surface area (Å²) in [5.41, 5.74) is 0.877. The van der Waals surface area contributed by atoms with Crippen LogP contribution in [-0.2, 0) is 9.84 Å². The molecule has 1 heterocycles. The largest absolute Gasteiger partial charge is 0.360 e. The average Bonchev–Trinajstić information content (AvgIpc) is 2.74. The number of nitrogens with zero attached hydrogens (tertiary/aromatic N) is 3. The number of nitro groups is 2. The lowest BCUT2D eigenvalue weighted by Crippen LogP contribution is -2.00. The van der Waals surface area contributed by atoms with Crippen molar-refractivity contribution in [2.45, 2.75) is 4.90 Å². The molecule has 0 bridgehead atoms. The lowest BCUT2D eigenvalue weighted by molar-refractivity contribution is -0.385. The fourth-order valence-electron chi connectivity index (χ4n) is 2.57. The highest BCUT2D eigenvalue weighted by atomic mass is 79.9. The zero-order valence-corrected chi connectivity index (χ0v) is 17.9. The van der Waals surface area contributed by atoms with Gasteiger partial charge in [-0.05, 0) is 46.3 Å². The topological polar surface area (TPSA) is 145 Å². The summed E-state index contributed by atoms with van der Waals surface area (Å²) < 4.78 is 25.6. The van der Waals surface area contributed by atoms with Crippen molar-refractivity contribution in [2.24, 2.45) is 0 Å². The molecule has 1 N–H and O–H groups in total. The van der Waals surface area contributed by atoms with E-state index in [1.807, 2.05) is 0 Å². The Morgan fingerprint density at radius 1 is 0.935 bits per heavy atom. The number of rotatable bonds is 7. The van der Waals surface area contributed by atoms with Gasteiger partial charge in [0.2, 0.25) is 9.84 Å². The van der Waals surface area contributed by atoms with E-state index in [4.69, 9.17) is 0 Å². The van der Waals surface area contributed by atoms with Crippen molar-refractivity contribution >= 4 is 42.8 Å². The van der Waals surface area contributed by atoms with E-state index in [9.17, 15) is 28.6 Å². The van der Waals surface area contributed by atoms with Crippen molar-refractivity contribution in [3.8, 4) is 11.3 Å². The number of halogens is 1. The number of nitrogens with one attached hydrogen (secondary N) is 1. The van der Waals surface area contributed by atoms with Gasteiger partial charge in [0.15, 0.2) is 0 Å². The molecule has 0 aliphatic carbocycles. The molecule has 0 amide bonds. The molecular weight excluding hydrogens is 492 g/mol. The van der Waals surface area contributed by atoms with Crippen LogP contribution in [0.15, 0.2) is 81.8 Å². The van der Waals surface area contributed by atoms with Gasteiger partial charge in [0, 0.05) is 52.4 Å². The Balaban J connectivity index is 1.89. The first kappa shape index (κ1) is 22.1. The molecule has 0 saturated carbocycles. The molecule has 3 aromatic rings. The van der Waals surface area contributed by atoms with Crippen LogP contribution in [0.3, 0.4) is 0 Å². The molecular formula is C19H13BrN4O6S. The molecule has 1 aromatic heterocycles. The summed E-state index contributed by atoms with van der Waals surface area (Å²) in [5.74, 6) is 0. The fraction of sp³-hybridized carbons (Fsp3) is 0. The van der Waals surface area contributed by atoms with Gasteiger partial charge in [-0.15, -0.1) is 0 Å². The van der Waals surface area contributed by atoms with Crippen LogP contribution in [0, 0.1) is 20.2 Å². The Morgan fingerprint density at radius 2 is 1.58 bits per heavy atom. The zero-order valence-electron chi connectivity index (χ0n) is 15.5. The minimum absolute atomic E-state index is 0.116. The van der Waals surface area contributed by atoms with E-state index in [-0.39, 0.29) is 16.3 Å². The summed E-state index contributed by atoms with van der Waals surface area (Å²) in [6, 6.07) is 11.9. The van der Waals surface area contributed by atoms with E-state index in [1.165, 1.54) is 30.6 Å². The number of nitro benzene ring substituents is 2. The Kier molecular flexibility index (Phi) is 6.42. The molecule has 2 aromatic carbocycles. The molecule has 0 aliphatic rings. The van der Waals surface area contributed by atoms with Gasteiger partial charge in [0.05, 0.1) is 25.8 Å². The third-order valence-electron chi connectivity index (χ3n) is 4.08. The van der Waals surface area contributed by atoms with Gasteiger partial charge >= 0.3 is 0 Å². The van der Waals surface area contributed by atoms with Crippen LogP contribution in [0.4, 0.5) is 17.1 Å². The van der Waals surface area contributed by atoms with E-state index >= 15 is 0 Å². The number of anilines is 1. The van der Waals surface area contributed by atoms with Gasteiger partial charge in [0.25, 0.3) is 11.4 Å². The van der Waals surface area contributed by atoms with Gasteiger partial charge in [-0.2, -0.15) is 0 Å². The maximum absolute atomic E-state index is 12.4. The summed E-state index contributed by atoms with van der Waals surface area (Å²) >= 11 is 3.27. The van der Waals surface area contributed by atoms with Crippen molar-refractivity contribution in [1.29, 1.82) is 0 Å². The Bertz CT molecular complexity index is 1280. The quantitative estimate of drug-likeness (QED) is 0.360. The molecule has 0 radical (unpaired) electrons. The van der Waals surface area contributed by atoms with Crippen LogP contribution >= 0.6 is 15.9 Å². The van der Waals surface area contributed by atoms with Crippen molar-refractivity contribution in [3.63, 3.8) is 0 Å². The van der Waals surface area contributed by atoms with Gasteiger partial charge in [-0.3, -0.25) is 25.2 Å². The Hall–Kier alpha value is -3.64. The first-order valence-electron chi connectivity index (χ1n) is 8.50. The van der Waals surface area contributed by atoms with Crippen molar-refractivity contribution < 1.29 is 18.3 Å². The monoisotopic (exact) mass is 504 g/mol. The SMILES string of the molecule is O=[N+]([O-])c1ccc(S(=O)(=O)/C=C/Nc2ccc([N+](=O)[O-])cc2-c2ccc(Br)cn2)cc1. The number of benzene rings is 2. The van der Waals surface area contributed by atoms with Gasteiger partial charge < -0.3 is 5.32 Å². The highest BCUT2D eigenvalue weighted by Gasteiger charge is 2.15. The van der Waals surface area contributed by atoms with Crippen LogP contribution < -0.4 is 5.32 Å². The van der Waals surface area contributed by atoms with Crippen molar-refractivity contribution in [1.82, 2.24) is 4.98 Å². The van der Waals surface area contributed by atoms with Crippen LogP contribution in [0.25, 0.3) is 11.3 Å². The molecule has 0 atom stereocenters. The Morgan fingerprint density at radius 3 is 2.16 bits per heavy atom. The first-order valence-corrected chi connectivity index (χ1v) is 10.8. The van der Waals surface area contributed by atoms with Crippen molar-refractivity contribution in [2.75, 3.05) is 5.32 Å². The highest BCUT2D eigenvalue weighted by molar-refractivity contribution is 9.10. The number of pyridine rings is 1. The maximum atomic E-state index is 12.4. The number of aromatic nitrogens is 1. The normalized spacial score (nSPS) is 11.4. The summed E-state index contributed by atoms with van der Waals surface area (Å²) in [4.78, 5) is 24.8. The molecule has 10 nitrogen and oxygen atoms in total. The maximum Gasteiger partial charge on any atom is 0.270 e. The van der Waals surface area contributed by atoms with E-state index in [2.05, 4.69) is 26.2 Å². The predicted molar refractivity (Wildman–Crippen MR) is 117 cm³/mol. The molecule has 158 valence electrons. The van der Waals surface area contributed by atoms with Crippen LogP contribution in [0.5, 0.6) is 0 Å². The molecule has 0 fully saturated rings.